The van der Waals surface area contributed by atoms with Crippen molar-refractivity contribution in [3.8, 4) is 0 Å². The van der Waals surface area contributed by atoms with Crippen LogP contribution in [-0.2, 0) is 4.79 Å². The average molecular weight is 352 g/mol. The average Bonchev–Trinajstić information content (AvgIpc) is 3.13. The van der Waals surface area contributed by atoms with Gasteiger partial charge in [-0.25, -0.2) is 9.97 Å². The minimum absolute atomic E-state index is 0.0669. The number of carbonyl (C=O) groups is 2. The molecule has 0 saturated heterocycles. The summed E-state index contributed by atoms with van der Waals surface area (Å²) in [6.07, 6.45) is 5.59. The Morgan fingerprint density at radius 1 is 0.962 bits per heavy atom. The molecule has 1 saturated carbocycles. The third kappa shape index (κ3) is 3.74. The van der Waals surface area contributed by atoms with Crippen LogP contribution in [0.15, 0.2) is 24.5 Å². The molecule has 1 aromatic carbocycles. The zero-order valence-corrected chi connectivity index (χ0v) is 15.4. The molecule has 0 atom stereocenters. The van der Waals surface area contributed by atoms with E-state index >= 15 is 0 Å². The molecule has 0 unspecified atom stereocenters. The van der Waals surface area contributed by atoms with E-state index in [4.69, 9.17) is 0 Å². The molecule has 1 fully saturated rings. The predicted molar refractivity (Wildman–Crippen MR) is 101 cm³/mol. The van der Waals surface area contributed by atoms with Gasteiger partial charge in [0.15, 0.2) is 0 Å². The zero-order chi connectivity index (χ0) is 18.7. The number of aryl methyl sites for hydroxylation is 2. The number of amides is 2. The van der Waals surface area contributed by atoms with Gasteiger partial charge in [-0.2, -0.15) is 0 Å². The van der Waals surface area contributed by atoms with E-state index in [1.54, 1.807) is 13.8 Å². The topological polar surface area (TPSA) is 84.0 Å². The molecule has 2 N–H and O–H groups in total. The summed E-state index contributed by atoms with van der Waals surface area (Å²) >= 11 is 0. The normalized spacial score (nSPS) is 14.3. The number of hydrogen-bond donors (Lipinski definition) is 2. The molecule has 0 radical (unpaired) electrons. The fourth-order valence-electron chi connectivity index (χ4n) is 3.44. The number of nitrogens with one attached hydrogen (secondary N) is 2. The van der Waals surface area contributed by atoms with Gasteiger partial charge in [0.05, 0.1) is 17.0 Å². The van der Waals surface area contributed by atoms with Crippen molar-refractivity contribution < 1.29 is 9.59 Å². The van der Waals surface area contributed by atoms with Crippen molar-refractivity contribution in [2.24, 2.45) is 5.92 Å². The van der Waals surface area contributed by atoms with Gasteiger partial charge in [-0.05, 0) is 51.3 Å². The first kappa shape index (κ1) is 18.0. The number of carbonyl (C=O) groups excluding carboxylic acids is 2. The van der Waals surface area contributed by atoms with Crippen molar-refractivity contribution in [2.45, 2.75) is 46.5 Å². The maximum Gasteiger partial charge on any atom is 0.259 e. The van der Waals surface area contributed by atoms with E-state index in [0.717, 1.165) is 36.9 Å². The molecule has 0 bridgehead atoms. The van der Waals surface area contributed by atoms with Crippen molar-refractivity contribution in [2.75, 3.05) is 10.6 Å². The maximum absolute atomic E-state index is 12.7. The summed E-state index contributed by atoms with van der Waals surface area (Å²) in [4.78, 5) is 33.3. The second-order valence-electron chi connectivity index (χ2n) is 6.82. The Morgan fingerprint density at radius 2 is 1.54 bits per heavy atom. The van der Waals surface area contributed by atoms with Gasteiger partial charge in [0.1, 0.15) is 6.33 Å². The quantitative estimate of drug-likeness (QED) is 0.877. The first-order valence-electron chi connectivity index (χ1n) is 8.97. The lowest BCUT2D eigenvalue weighted by Gasteiger charge is -2.16. The Labute approximate surface area is 153 Å². The summed E-state index contributed by atoms with van der Waals surface area (Å²) in [6, 6.07) is 5.51. The van der Waals surface area contributed by atoms with Crippen LogP contribution in [0, 0.1) is 26.7 Å². The number of aromatic nitrogens is 2. The van der Waals surface area contributed by atoms with Gasteiger partial charge in [0.25, 0.3) is 5.91 Å². The summed E-state index contributed by atoms with van der Waals surface area (Å²) in [6.45, 7) is 5.46. The van der Waals surface area contributed by atoms with Gasteiger partial charge in [0.2, 0.25) is 5.91 Å². The lowest BCUT2D eigenvalue weighted by molar-refractivity contribution is -0.119. The highest BCUT2D eigenvalue weighted by atomic mass is 16.2. The third-order valence-corrected chi connectivity index (χ3v) is 5.02. The van der Waals surface area contributed by atoms with Crippen molar-refractivity contribution >= 4 is 23.2 Å². The molecule has 1 aromatic heterocycles. The summed E-state index contributed by atoms with van der Waals surface area (Å²) in [7, 11) is 0. The highest BCUT2D eigenvalue weighted by Crippen LogP contribution is 2.28. The standard InChI is InChI=1S/C20H24N4O2/c1-12-16(23-19(25)15-7-4-5-8-15)9-6-10-17(12)24-20(26)18-13(2)21-11-22-14(18)3/h6,9-11,15H,4-5,7-8H2,1-3H3,(H,23,25)(H,24,26). The Morgan fingerprint density at radius 3 is 2.15 bits per heavy atom. The first-order valence-corrected chi connectivity index (χ1v) is 8.97. The van der Waals surface area contributed by atoms with E-state index in [-0.39, 0.29) is 17.7 Å². The number of nitrogens with zero attached hydrogens (tertiary/aromatic N) is 2. The minimum atomic E-state index is -0.247. The van der Waals surface area contributed by atoms with E-state index in [2.05, 4.69) is 20.6 Å². The molecule has 6 heteroatoms. The Bertz CT molecular complexity index is 821. The smallest absolute Gasteiger partial charge is 0.259 e. The number of hydrogen-bond acceptors (Lipinski definition) is 4. The van der Waals surface area contributed by atoms with E-state index < -0.39 is 0 Å². The molecule has 1 aliphatic rings. The van der Waals surface area contributed by atoms with Crippen LogP contribution in [0.4, 0.5) is 11.4 Å². The fourth-order valence-corrected chi connectivity index (χ4v) is 3.44. The van der Waals surface area contributed by atoms with Crippen LogP contribution >= 0.6 is 0 Å². The van der Waals surface area contributed by atoms with E-state index in [1.807, 2.05) is 25.1 Å². The van der Waals surface area contributed by atoms with Crippen LogP contribution in [0.1, 0.15) is 53.0 Å². The third-order valence-electron chi connectivity index (χ3n) is 5.02. The van der Waals surface area contributed by atoms with Crippen molar-refractivity contribution in [1.82, 2.24) is 9.97 Å². The van der Waals surface area contributed by atoms with Gasteiger partial charge in [0, 0.05) is 17.3 Å². The Balaban J connectivity index is 1.78. The van der Waals surface area contributed by atoms with Crippen LogP contribution in [0.2, 0.25) is 0 Å². The lowest BCUT2D eigenvalue weighted by atomic mass is 10.1. The molecule has 3 rings (SSSR count). The van der Waals surface area contributed by atoms with Crippen molar-refractivity contribution in [3.05, 3.63) is 47.0 Å². The molecular weight excluding hydrogens is 328 g/mol. The summed E-state index contributed by atoms with van der Waals surface area (Å²) in [5, 5.41) is 5.93. The van der Waals surface area contributed by atoms with Crippen LogP contribution in [-0.4, -0.2) is 21.8 Å². The Hall–Kier alpha value is -2.76. The zero-order valence-electron chi connectivity index (χ0n) is 15.4. The van der Waals surface area contributed by atoms with Gasteiger partial charge < -0.3 is 10.6 Å². The van der Waals surface area contributed by atoms with Crippen LogP contribution in [0.3, 0.4) is 0 Å². The molecule has 2 amide bonds. The molecule has 6 nitrogen and oxygen atoms in total. The summed E-state index contributed by atoms with van der Waals surface area (Å²) in [5.74, 6) is -0.0837. The highest BCUT2D eigenvalue weighted by molar-refractivity contribution is 6.06. The highest BCUT2D eigenvalue weighted by Gasteiger charge is 2.23. The van der Waals surface area contributed by atoms with Gasteiger partial charge in [-0.1, -0.05) is 18.9 Å². The summed E-state index contributed by atoms with van der Waals surface area (Å²) in [5.41, 5.74) is 3.99. The monoisotopic (exact) mass is 352 g/mol. The molecule has 1 aliphatic carbocycles. The second-order valence-corrected chi connectivity index (χ2v) is 6.82. The molecule has 136 valence electrons. The predicted octanol–water partition coefficient (Wildman–Crippen LogP) is 3.78. The van der Waals surface area contributed by atoms with Crippen LogP contribution in [0.5, 0.6) is 0 Å². The molecule has 1 heterocycles. The van der Waals surface area contributed by atoms with E-state index in [9.17, 15) is 9.59 Å². The Kier molecular flexibility index (Phi) is 5.30. The van der Waals surface area contributed by atoms with Crippen molar-refractivity contribution in [3.63, 3.8) is 0 Å². The van der Waals surface area contributed by atoms with Gasteiger partial charge >= 0.3 is 0 Å². The molecule has 26 heavy (non-hydrogen) atoms. The van der Waals surface area contributed by atoms with E-state index in [1.165, 1.54) is 6.33 Å². The van der Waals surface area contributed by atoms with Crippen LogP contribution in [0.25, 0.3) is 0 Å². The van der Waals surface area contributed by atoms with Gasteiger partial charge in [-0.15, -0.1) is 0 Å². The maximum atomic E-state index is 12.7. The minimum Gasteiger partial charge on any atom is -0.326 e. The number of benzene rings is 1. The van der Waals surface area contributed by atoms with E-state index in [0.29, 0.717) is 22.6 Å². The molecular formula is C20H24N4O2. The largest absolute Gasteiger partial charge is 0.326 e. The molecule has 0 spiro atoms. The van der Waals surface area contributed by atoms with Crippen LogP contribution < -0.4 is 10.6 Å². The fraction of sp³-hybridized carbons (Fsp3) is 0.400. The molecule has 0 aliphatic heterocycles. The number of rotatable bonds is 4. The SMILES string of the molecule is Cc1ncnc(C)c1C(=O)Nc1cccc(NC(=O)C2CCCC2)c1C. The second kappa shape index (κ2) is 7.64. The van der Waals surface area contributed by atoms with Crippen molar-refractivity contribution in [1.29, 1.82) is 0 Å². The lowest BCUT2D eigenvalue weighted by Crippen LogP contribution is -2.21. The van der Waals surface area contributed by atoms with Gasteiger partial charge in [-0.3, -0.25) is 9.59 Å². The summed E-state index contributed by atoms with van der Waals surface area (Å²) < 4.78 is 0. The molecule has 2 aromatic rings. The first-order chi connectivity index (χ1) is 12.5. The number of anilines is 2.